The predicted molar refractivity (Wildman–Crippen MR) is 52.8 cm³/mol. The second-order valence-electron chi connectivity index (χ2n) is 2.92. The lowest BCUT2D eigenvalue weighted by Crippen LogP contribution is -2.22. The van der Waals surface area contributed by atoms with Crippen LogP contribution in [0.25, 0.3) is 0 Å². The molecule has 1 aromatic rings. The maximum Gasteiger partial charge on any atom is 0.210 e. The number of anilines is 1. The lowest BCUT2D eigenvalue weighted by Gasteiger charge is -2.06. The zero-order valence-corrected chi connectivity index (χ0v) is 8.52. The van der Waals surface area contributed by atoms with Crippen molar-refractivity contribution < 1.29 is 17.2 Å². The quantitative estimate of drug-likeness (QED) is 0.806. The van der Waals surface area contributed by atoms with E-state index in [1.54, 1.807) is 0 Å². The van der Waals surface area contributed by atoms with Gasteiger partial charge in [0, 0.05) is 6.54 Å². The van der Waals surface area contributed by atoms with Crippen molar-refractivity contribution in [3.8, 4) is 0 Å². The predicted octanol–water partition coefficient (Wildman–Crippen LogP) is 0.665. The van der Waals surface area contributed by atoms with Crippen molar-refractivity contribution >= 4 is 15.7 Å². The molecule has 3 N–H and O–H groups in total. The van der Waals surface area contributed by atoms with Crippen molar-refractivity contribution in [2.24, 2.45) is 5.14 Å². The maximum absolute atomic E-state index is 13.0. The third-order valence-electron chi connectivity index (χ3n) is 1.63. The Bertz CT molecular complexity index is 448. The molecule has 84 valence electrons. The first-order valence-electron chi connectivity index (χ1n) is 4.08. The number of nitrogens with one attached hydrogen (secondary N) is 1. The Morgan fingerprint density at radius 2 is 2.00 bits per heavy atom. The average molecular weight is 236 g/mol. The summed E-state index contributed by atoms with van der Waals surface area (Å²) in [5, 5.41) is 7.17. The van der Waals surface area contributed by atoms with E-state index in [1.165, 1.54) is 0 Å². The van der Waals surface area contributed by atoms with Gasteiger partial charge in [0.1, 0.15) is 11.6 Å². The molecule has 0 aliphatic rings. The van der Waals surface area contributed by atoms with Crippen LogP contribution in [0, 0.1) is 11.6 Å². The Hall–Kier alpha value is -1.21. The molecule has 0 saturated heterocycles. The number of sulfonamides is 1. The second kappa shape index (κ2) is 4.54. The minimum atomic E-state index is -3.60. The molecule has 0 saturated carbocycles. The highest BCUT2D eigenvalue weighted by Crippen LogP contribution is 2.14. The van der Waals surface area contributed by atoms with Crippen molar-refractivity contribution in [1.29, 1.82) is 0 Å². The minimum absolute atomic E-state index is 0.0702. The number of rotatable bonds is 4. The van der Waals surface area contributed by atoms with Crippen LogP contribution in [-0.2, 0) is 10.0 Å². The summed E-state index contributed by atoms with van der Waals surface area (Å²) in [6.07, 6.45) is 0. The van der Waals surface area contributed by atoms with Gasteiger partial charge in [-0.2, -0.15) is 0 Å². The molecule has 0 fully saturated rings. The zero-order chi connectivity index (χ0) is 11.5. The van der Waals surface area contributed by atoms with Gasteiger partial charge in [-0.3, -0.25) is 0 Å². The molecule has 0 radical (unpaired) electrons. The smallest absolute Gasteiger partial charge is 0.210 e. The lowest BCUT2D eigenvalue weighted by atomic mass is 10.3. The van der Waals surface area contributed by atoms with Gasteiger partial charge in [-0.05, 0) is 18.2 Å². The van der Waals surface area contributed by atoms with Crippen molar-refractivity contribution in [3.63, 3.8) is 0 Å². The molecule has 15 heavy (non-hydrogen) atoms. The third-order valence-corrected chi connectivity index (χ3v) is 2.40. The van der Waals surface area contributed by atoms with Crippen LogP contribution in [0.4, 0.5) is 14.5 Å². The summed E-state index contributed by atoms with van der Waals surface area (Å²) in [5.41, 5.74) is -0.0846. The van der Waals surface area contributed by atoms with E-state index in [9.17, 15) is 17.2 Å². The Kier molecular flexibility index (Phi) is 3.59. The number of hydrogen-bond donors (Lipinski definition) is 2. The van der Waals surface area contributed by atoms with Crippen molar-refractivity contribution in [2.45, 2.75) is 0 Å². The van der Waals surface area contributed by atoms with E-state index in [0.717, 1.165) is 18.2 Å². The van der Waals surface area contributed by atoms with E-state index in [-0.39, 0.29) is 18.0 Å². The second-order valence-corrected chi connectivity index (χ2v) is 4.65. The van der Waals surface area contributed by atoms with E-state index >= 15 is 0 Å². The van der Waals surface area contributed by atoms with Gasteiger partial charge in [0.2, 0.25) is 10.0 Å². The molecule has 0 bridgehead atoms. The Morgan fingerprint density at radius 3 is 2.60 bits per heavy atom. The summed E-state index contributed by atoms with van der Waals surface area (Å²) in [6, 6.07) is 2.87. The van der Waals surface area contributed by atoms with Gasteiger partial charge >= 0.3 is 0 Å². The average Bonchev–Trinajstić information content (AvgIpc) is 2.09. The van der Waals surface area contributed by atoms with E-state index in [1.807, 2.05) is 0 Å². The standard InChI is InChI=1S/C8H10F2N2O2S/c9-6-1-2-7(10)8(5-6)12-3-4-15(11,13)14/h1-2,5,12H,3-4H2,(H2,11,13,14). The highest BCUT2D eigenvalue weighted by molar-refractivity contribution is 7.89. The van der Waals surface area contributed by atoms with Crippen LogP contribution in [-0.4, -0.2) is 20.7 Å². The molecular formula is C8H10F2N2O2S. The highest BCUT2D eigenvalue weighted by atomic mass is 32.2. The van der Waals surface area contributed by atoms with Crippen molar-refractivity contribution in [1.82, 2.24) is 0 Å². The summed E-state index contributed by atoms with van der Waals surface area (Å²) < 4.78 is 46.7. The summed E-state index contributed by atoms with van der Waals surface area (Å²) >= 11 is 0. The molecule has 0 amide bonds. The normalized spacial score (nSPS) is 11.4. The molecule has 0 heterocycles. The summed E-state index contributed by atoms with van der Waals surface area (Å²) in [4.78, 5) is 0. The molecule has 1 rings (SSSR count). The topological polar surface area (TPSA) is 72.2 Å². The van der Waals surface area contributed by atoms with Gasteiger partial charge in [-0.15, -0.1) is 0 Å². The third kappa shape index (κ3) is 4.22. The first-order chi connectivity index (χ1) is 6.88. The van der Waals surface area contributed by atoms with E-state index < -0.39 is 21.7 Å². The molecule has 7 heteroatoms. The monoisotopic (exact) mass is 236 g/mol. The van der Waals surface area contributed by atoms with Gasteiger partial charge in [-0.25, -0.2) is 22.3 Å². The summed E-state index contributed by atoms with van der Waals surface area (Å²) in [6.45, 7) is -0.0702. The lowest BCUT2D eigenvalue weighted by molar-refractivity contribution is 0.596. The first-order valence-corrected chi connectivity index (χ1v) is 5.79. The SMILES string of the molecule is NS(=O)(=O)CCNc1cc(F)ccc1F. The van der Waals surface area contributed by atoms with Crippen LogP contribution in [0.3, 0.4) is 0 Å². The van der Waals surface area contributed by atoms with Gasteiger partial charge in [0.25, 0.3) is 0 Å². The summed E-state index contributed by atoms with van der Waals surface area (Å²) in [7, 11) is -3.60. The van der Waals surface area contributed by atoms with Crippen molar-refractivity contribution in [2.75, 3.05) is 17.6 Å². The molecule has 0 spiro atoms. The highest BCUT2D eigenvalue weighted by Gasteiger charge is 2.05. The number of benzene rings is 1. The van der Waals surface area contributed by atoms with E-state index in [4.69, 9.17) is 5.14 Å². The molecule has 0 unspecified atom stereocenters. The first kappa shape index (κ1) is 11.9. The molecule has 0 aliphatic carbocycles. The van der Waals surface area contributed by atoms with Crippen LogP contribution >= 0.6 is 0 Å². The fourth-order valence-corrected chi connectivity index (χ4v) is 1.35. The van der Waals surface area contributed by atoms with E-state index in [2.05, 4.69) is 5.32 Å². The fourth-order valence-electron chi connectivity index (χ4n) is 0.961. The maximum atomic E-state index is 13.0. The number of nitrogens with two attached hydrogens (primary N) is 1. The Labute approximate surface area is 86.1 Å². The Balaban J connectivity index is 2.61. The molecule has 0 aliphatic heterocycles. The van der Waals surface area contributed by atoms with Gasteiger partial charge in [0.15, 0.2) is 0 Å². The number of hydrogen-bond acceptors (Lipinski definition) is 3. The summed E-state index contributed by atoms with van der Waals surface area (Å²) in [5.74, 6) is -1.59. The van der Waals surface area contributed by atoms with Crippen LogP contribution in [0.2, 0.25) is 0 Å². The minimum Gasteiger partial charge on any atom is -0.382 e. The number of halogens is 2. The molecule has 0 atom stereocenters. The van der Waals surface area contributed by atoms with Crippen LogP contribution in [0.5, 0.6) is 0 Å². The van der Waals surface area contributed by atoms with Gasteiger partial charge in [0.05, 0.1) is 11.4 Å². The van der Waals surface area contributed by atoms with Crippen LogP contribution in [0.15, 0.2) is 18.2 Å². The zero-order valence-electron chi connectivity index (χ0n) is 7.70. The molecular weight excluding hydrogens is 226 g/mol. The van der Waals surface area contributed by atoms with Gasteiger partial charge < -0.3 is 5.32 Å². The van der Waals surface area contributed by atoms with E-state index in [0.29, 0.717) is 0 Å². The van der Waals surface area contributed by atoms with Crippen molar-refractivity contribution in [3.05, 3.63) is 29.8 Å². The number of primary sulfonamides is 1. The molecule has 0 aromatic heterocycles. The largest absolute Gasteiger partial charge is 0.382 e. The Morgan fingerprint density at radius 1 is 1.33 bits per heavy atom. The molecule has 4 nitrogen and oxygen atoms in total. The van der Waals surface area contributed by atoms with Gasteiger partial charge in [-0.1, -0.05) is 0 Å². The van der Waals surface area contributed by atoms with Crippen LogP contribution in [0.1, 0.15) is 0 Å². The molecule has 1 aromatic carbocycles. The van der Waals surface area contributed by atoms with Crippen LogP contribution < -0.4 is 10.5 Å². The fraction of sp³-hybridized carbons (Fsp3) is 0.250.